The van der Waals surface area contributed by atoms with Crippen LogP contribution in [-0.4, -0.2) is 37.7 Å². The van der Waals surface area contributed by atoms with Crippen molar-refractivity contribution in [1.82, 2.24) is 0 Å². The Hall–Kier alpha value is -2.44. The van der Waals surface area contributed by atoms with Gasteiger partial charge in [0.25, 0.3) is 11.9 Å². The smallest absolute Gasteiger partial charge is 0.318 e. The fraction of sp³-hybridized carbons (Fsp3) is 0.467. The van der Waals surface area contributed by atoms with Gasteiger partial charge in [0, 0.05) is 0 Å². The molecular weight excluding hydrogens is 292 g/mol. The number of cyclic esters (lactones) is 1. The van der Waals surface area contributed by atoms with Crippen molar-refractivity contribution < 1.29 is 33.3 Å². The molecule has 0 aromatic heterocycles. The van der Waals surface area contributed by atoms with Crippen molar-refractivity contribution in [3.63, 3.8) is 0 Å². The van der Waals surface area contributed by atoms with E-state index in [1.54, 1.807) is 0 Å². The van der Waals surface area contributed by atoms with Gasteiger partial charge in [0.2, 0.25) is 0 Å². The van der Waals surface area contributed by atoms with Gasteiger partial charge in [-0.3, -0.25) is 9.59 Å². The molecule has 1 spiro atoms. The Morgan fingerprint density at radius 3 is 1.95 bits per heavy atom. The van der Waals surface area contributed by atoms with Crippen molar-refractivity contribution in [3.05, 3.63) is 37.4 Å². The molecule has 3 rings (SSSR count). The fourth-order valence-electron chi connectivity index (χ4n) is 2.18. The van der Waals surface area contributed by atoms with Gasteiger partial charge in [-0.15, -0.1) is 0 Å². The topological polar surface area (TPSA) is 80.3 Å². The molecule has 3 heterocycles. The first-order valence-electron chi connectivity index (χ1n) is 6.64. The van der Waals surface area contributed by atoms with Crippen LogP contribution in [0.3, 0.4) is 0 Å². The van der Waals surface area contributed by atoms with Crippen molar-refractivity contribution in [2.75, 3.05) is 19.8 Å². The normalized spacial score (nSPS) is 25.2. The molecule has 7 nitrogen and oxygen atoms in total. The highest BCUT2D eigenvalue weighted by atomic mass is 16.7. The second kappa shape index (κ2) is 6.13. The zero-order chi connectivity index (χ0) is 16.3. The maximum absolute atomic E-state index is 11.5. The lowest BCUT2D eigenvalue weighted by Gasteiger charge is -2.44. The SMILES string of the molecule is C=C1CC(=O)O1.C=C1OCC2(CO1)COC(=C)OC2C(C)=O. The average Bonchev–Trinajstić information content (AvgIpc) is 2.44. The Morgan fingerprint density at radius 1 is 1.09 bits per heavy atom. The average molecular weight is 310 g/mol. The van der Waals surface area contributed by atoms with E-state index in [9.17, 15) is 9.59 Å². The van der Waals surface area contributed by atoms with Gasteiger partial charge < -0.3 is 23.7 Å². The number of hydrogen-bond acceptors (Lipinski definition) is 7. The number of rotatable bonds is 1. The van der Waals surface area contributed by atoms with Crippen LogP contribution in [0.4, 0.5) is 0 Å². The first kappa shape index (κ1) is 15.9. The molecular formula is C15H18O7. The van der Waals surface area contributed by atoms with Gasteiger partial charge >= 0.3 is 5.97 Å². The van der Waals surface area contributed by atoms with E-state index in [2.05, 4.69) is 24.5 Å². The third kappa shape index (κ3) is 3.41. The van der Waals surface area contributed by atoms with Gasteiger partial charge in [0.05, 0.1) is 0 Å². The number of carbonyl (C=O) groups excluding carboxylic acids is 2. The Kier molecular flexibility index (Phi) is 4.44. The molecule has 0 N–H and O–H groups in total. The van der Waals surface area contributed by atoms with Crippen LogP contribution in [0.25, 0.3) is 0 Å². The summed E-state index contributed by atoms with van der Waals surface area (Å²) in [5, 5.41) is 0. The molecule has 1 atom stereocenters. The molecule has 3 aliphatic heterocycles. The highest BCUT2D eigenvalue weighted by molar-refractivity contribution is 5.81. The zero-order valence-electron chi connectivity index (χ0n) is 12.4. The van der Waals surface area contributed by atoms with Crippen LogP contribution >= 0.6 is 0 Å². The van der Waals surface area contributed by atoms with E-state index < -0.39 is 11.5 Å². The largest absolute Gasteiger partial charge is 0.465 e. The molecule has 7 heteroatoms. The van der Waals surface area contributed by atoms with E-state index in [1.165, 1.54) is 6.92 Å². The molecule has 0 amide bonds. The van der Waals surface area contributed by atoms with Gasteiger partial charge in [-0.2, -0.15) is 0 Å². The lowest BCUT2D eigenvalue weighted by molar-refractivity contribution is -0.217. The third-order valence-electron chi connectivity index (χ3n) is 3.34. The molecule has 3 aliphatic rings. The highest BCUT2D eigenvalue weighted by Crippen LogP contribution is 2.37. The van der Waals surface area contributed by atoms with Crippen molar-refractivity contribution in [3.8, 4) is 0 Å². The predicted molar refractivity (Wildman–Crippen MR) is 74.0 cm³/mol. The number of carbonyl (C=O) groups is 2. The van der Waals surface area contributed by atoms with E-state index in [0.29, 0.717) is 32.0 Å². The van der Waals surface area contributed by atoms with E-state index in [0.717, 1.165) is 0 Å². The molecule has 22 heavy (non-hydrogen) atoms. The molecule has 0 aromatic carbocycles. The zero-order valence-corrected chi connectivity index (χ0v) is 12.4. The summed E-state index contributed by atoms with van der Waals surface area (Å²) in [5.41, 5.74) is -0.603. The predicted octanol–water partition coefficient (Wildman–Crippen LogP) is 1.41. The van der Waals surface area contributed by atoms with Gasteiger partial charge in [0.15, 0.2) is 11.9 Å². The summed E-state index contributed by atoms with van der Waals surface area (Å²) in [5.74, 6) is 0.747. The summed E-state index contributed by atoms with van der Waals surface area (Å²) in [6.45, 7) is 12.8. The first-order valence-corrected chi connectivity index (χ1v) is 6.64. The maximum atomic E-state index is 11.5. The van der Waals surface area contributed by atoms with Crippen LogP contribution < -0.4 is 0 Å². The summed E-state index contributed by atoms with van der Waals surface area (Å²) in [6, 6.07) is 0. The summed E-state index contributed by atoms with van der Waals surface area (Å²) in [4.78, 5) is 21.4. The van der Waals surface area contributed by atoms with Gasteiger partial charge in [-0.25, -0.2) is 0 Å². The first-order chi connectivity index (χ1) is 10.3. The minimum Gasteiger partial charge on any atom is -0.465 e. The van der Waals surface area contributed by atoms with E-state index in [-0.39, 0.29) is 23.6 Å². The van der Waals surface area contributed by atoms with Crippen molar-refractivity contribution in [2.45, 2.75) is 19.4 Å². The second-order valence-electron chi connectivity index (χ2n) is 5.27. The molecule has 0 saturated carbocycles. The Morgan fingerprint density at radius 2 is 1.59 bits per heavy atom. The number of esters is 1. The molecule has 0 radical (unpaired) electrons. The molecule has 0 aliphatic carbocycles. The lowest BCUT2D eigenvalue weighted by atomic mass is 9.81. The number of hydrogen-bond donors (Lipinski definition) is 0. The highest BCUT2D eigenvalue weighted by Gasteiger charge is 2.51. The molecule has 1 unspecified atom stereocenters. The Labute approximate surface area is 128 Å². The molecule has 3 saturated heterocycles. The number of ketones is 1. The Balaban J connectivity index is 0.000000246. The van der Waals surface area contributed by atoms with Crippen LogP contribution in [0.15, 0.2) is 37.4 Å². The van der Waals surface area contributed by atoms with E-state index >= 15 is 0 Å². The summed E-state index contributed by atoms with van der Waals surface area (Å²) >= 11 is 0. The lowest BCUT2D eigenvalue weighted by Crippen LogP contribution is -2.55. The quantitative estimate of drug-likeness (QED) is 0.677. The molecule has 0 bridgehead atoms. The van der Waals surface area contributed by atoms with Crippen LogP contribution in [-0.2, 0) is 33.3 Å². The molecule has 120 valence electrons. The van der Waals surface area contributed by atoms with Gasteiger partial charge in [-0.1, -0.05) is 6.58 Å². The van der Waals surface area contributed by atoms with Crippen LogP contribution in [0.1, 0.15) is 13.3 Å². The summed E-state index contributed by atoms with van der Waals surface area (Å²) in [7, 11) is 0. The second-order valence-corrected chi connectivity index (χ2v) is 5.27. The summed E-state index contributed by atoms with van der Waals surface area (Å²) in [6.07, 6.45) is -0.221. The van der Waals surface area contributed by atoms with Gasteiger partial charge in [-0.05, 0) is 20.1 Å². The third-order valence-corrected chi connectivity index (χ3v) is 3.34. The fourth-order valence-corrected chi connectivity index (χ4v) is 2.18. The summed E-state index contributed by atoms with van der Waals surface area (Å²) < 4.78 is 25.3. The van der Waals surface area contributed by atoms with Crippen LogP contribution in [0.5, 0.6) is 0 Å². The van der Waals surface area contributed by atoms with Crippen molar-refractivity contribution in [1.29, 1.82) is 0 Å². The van der Waals surface area contributed by atoms with Gasteiger partial charge in [0.1, 0.15) is 37.4 Å². The van der Waals surface area contributed by atoms with E-state index in [1.807, 2.05) is 0 Å². The van der Waals surface area contributed by atoms with Crippen LogP contribution in [0, 0.1) is 5.41 Å². The minimum atomic E-state index is -0.637. The van der Waals surface area contributed by atoms with Crippen molar-refractivity contribution in [2.24, 2.45) is 5.41 Å². The number of Topliss-reactive ketones (excluding diaryl/α,β-unsaturated/α-hetero) is 1. The Bertz CT molecular complexity index is 494. The maximum Gasteiger partial charge on any atom is 0.318 e. The molecule has 0 aromatic rings. The number of ether oxygens (including phenoxy) is 5. The standard InChI is InChI=1S/C11H14O5.C4H4O2/c1-7(12)10-11(6-15-9(3)16-10)4-13-8(2)14-5-11;1-3-2-4(5)6-3/h10H,2-6H2,1H3;1-2H2. The molecule has 3 fully saturated rings. The van der Waals surface area contributed by atoms with Crippen LogP contribution in [0.2, 0.25) is 0 Å². The monoisotopic (exact) mass is 310 g/mol. The van der Waals surface area contributed by atoms with E-state index in [4.69, 9.17) is 18.9 Å². The van der Waals surface area contributed by atoms with Crippen molar-refractivity contribution >= 4 is 11.8 Å². The minimum absolute atomic E-state index is 0.0934.